The maximum Gasteiger partial charge on any atom is 0.260 e. The number of hydrogen-bond acceptors (Lipinski definition) is 7. The van der Waals surface area contributed by atoms with Crippen molar-refractivity contribution < 1.29 is 0 Å². The van der Waals surface area contributed by atoms with Gasteiger partial charge in [0.25, 0.3) is 5.56 Å². The number of pyridine rings is 1. The molecule has 0 spiro atoms. The Morgan fingerprint density at radius 3 is 2.64 bits per heavy atom. The molecule has 0 saturated heterocycles. The molecule has 3 heterocycles. The van der Waals surface area contributed by atoms with Gasteiger partial charge >= 0.3 is 0 Å². The summed E-state index contributed by atoms with van der Waals surface area (Å²) in [6.07, 6.45) is 13.6. The molecule has 1 fully saturated rings. The Bertz CT molecular complexity index is 1510. The van der Waals surface area contributed by atoms with Gasteiger partial charge in [-0.2, -0.15) is 4.98 Å². The van der Waals surface area contributed by atoms with E-state index >= 15 is 0 Å². The van der Waals surface area contributed by atoms with Crippen molar-refractivity contribution in [1.29, 1.82) is 0 Å². The van der Waals surface area contributed by atoms with Crippen LogP contribution in [0.4, 0.5) is 5.95 Å². The second-order valence-corrected chi connectivity index (χ2v) is 10.8. The number of nitrogens with zero attached hydrogens (tertiary/aromatic N) is 5. The maximum absolute atomic E-state index is 14.2. The van der Waals surface area contributed by atoms with Crippen molar-refractivity contribution in [1.82, 2.24) is 24.5 Å². The molecule has 0 aliphatic heterocycles. The summed E-state index contributed by atoms with van der Waals surface area (Å²) in [5, 5.41) is 4.79. The monoisotopic (exact) mass is 545 g/mol. The fourth-order valence-corrected chi connectivity index (χ4v) is 5.80. The summed E-state index contributed by atoms with van der Waals surface area (Å²) in [6, 6.07) is 7.84. The second-order valence-electron chi connectivity index (χ2n) is 10.4. The Morgan fingerprint density at radius 2 is 1.92 bits per heavy atom. The minimum atomic E-state index is -0.112. The number of rotatable bonds is 9. The molecule has 1 saturated carbocycles. The van der Waals surface area contributed by atoms with E-state index in [0.29, 0.717) is 40.3 Å². The molecule has 1 aliphatic carbocycles. The van der Waals surface area contributed by atoms with Crippen LogP contribution < -0.4 is 16.6 Å². The molecule has 1 atom stereocenters. The van der Waals surface area contributed by atoms with Crippen molar-refractivity contribution in [3.8, 4) is 22.4 Å². The average molecular weight is 546 g/mol. The number of aryl methyl sites for hydroxylation is 1. The van der Waals surface area contributed by atoms with Gasteiger partial charge in [0.15, 0.2) is 0 Å². The van der Waals surface area contributed by atoms with E-state index in [4.69, 9.17) is 22.3 Å². The van der Waals surface area contributed by atoms with Gasteiger partial charge in [-0.3, -0.25) is 14.3 Å². The van der Waals surface area contributed by atoms with E-state index in [2.05, 4.69) is 27.2 Å². The Hall–Kier alpha value is -3.36. The number of aromatic nitrogens is 5. The highest BCUT2D eigenvalue weighted by Gasteiger charge is 2.21. The molecule has 0 radical (unpaired) electrons. The zero-order valence-electron chi connectivity index (χ0n) is 22.7. The quantitative estimate of drug-likeness (QED) is 0.253. The second kappa shape index (κ2) is 12.2. The Labute approximate surface area is 234 Å². The van der Waals surface area contributed by atoms with E-state index < -0.39 is 0 Å². The number of fused-ring (bicyclic) bond motifs is 1. The summed E-state index contributed by atoms with van der Waals surface area (Å²) in [4.78, 5) is 32.5. The lowest BCUT2D eigenvalue weighted by Gasteiger charge is -2.24. The van der Waals surface area contributed by atoms with Gasteiger partial charge in [-0.25, -0.2) is 9.97 Å². The van der Waals surface area contributed by atoms with Crippen molar-refractivity contribution in [2.75, 3.05) is 11.9 Å². The van der Waals surface area contributed by atoms with E-state index in [1.807, 2.05) is 42.0 Å². The molecule has 9 heteroatoms. The molecule has 1 unspecified atom stereocenters. The molecule has 1 aromatic carbocycles. The van der Waals surface area contributed by atoms with Gasteiger partial charge in [-0.1, -0.05) is 49.9 Å². The third kappa shape index (κ3) is 5.97. The van der Waals surface area contributed by atoms with Gasteiger partial charge in [0.1, 0.15) is 5.65 Å². The van der Waals surface area contributed by atoms with Crippen LogP contribution in [0.2, 0.25) is 5.02 Å². The molecule has 0 amide bonds. The van der Waals surface area contributed by atoms with E-state index in [9.17, 15) is 4.79 Å². The Kier molecular flexibility index (Phi) is 8.53. The fraction of sp³-hybridized carbons (Fsp3) is 0.433. The van der Waals surface area contributed by atoms with Crippen LogP contribution in [0.15, 0.2) is 47.7 Å². The smallest absolute Gasteiger partial charge is 0.260 e. The van der Waals surface area contributed by atoms with Gasteiger partial charge < -0.3 is 11.1 Å². The summed E-state index contributed by atoms with van der Waals surface area (Å²) in [7, 11) is 0. The first-order chi connectivity index (χ1) is 19.0. The molecule has 0 bridgehead atoms. The van der Waals surface area contributed by atoms with Crippen LogP contribution in [-0.2, 0) is 0 Å². The highest BCUT2D eigenvalue weighted by molar-refractivity contribution is 6.33. The predicted octanol–water partition coefficient (Wildman–Crippen LogP) is 6.31. The number of hydrogen-bond donors (Lipinski definition) is 2. The topological polar surface area (TPSA) is 112 Å². The van der Waals surface area contributed by atoms with Gasteiger partial charge in [0, 0.05) is 51.6 Å². The third-order valence-corrected chi connectivity index (χ3v) is 7.91. The van der Waals surface area contributed by atoms with Crippen LogP contribution in [0.1, 0.15) is 70.0 Å². The van der Waals surface area contributed by atoms with Gasteiger partial charge in [-0.05, 0) is 57.7 Å². The van der Waals surface area contributed by atoms with E-state index in [-0.39, 0.29) is 11.6 Å². The summed E-state index contributed by atoms with van der Waals surface area (Å²) < 4.78 is 1.84. The number of nitrogens with two attached hydrogens (primary N) is 1. The Balaban J connectivity index is 1.61. The first-order valence-electron chi connectivity index (χ1n) is 14.0. The van der Waals surface area contributed by atoms with E-state index in [1.165, 1.54) is 19.3 Å². The standard InChI is InChI=1S/C30H36ClN7O/c1-3-23(10-7-13-32)38-28-21(17-34-30(37-28)36-22-8-5-4-6-9-22)14-25(29(38)39)24-12-11-20(15-26(24)31)27-18-33-16-19(2)35-27/h11-12,14-18,22-23H,3-10,13,32H2,1-2H3,(H,34,36,37). The summed E-state index contributed by atoms with van der Waals surface area (Å²) in [6.45, 7) is 4.57. The highest BCUT2D eigenvalue weighted by Crippen LogP contribution is 2.33. The SMILES string of the molecule is CCC(CCCN)n1c(=O)c(-c2ccc(-c3cncc(C)n3)cc2Cl)cc2cnc(NC3CCCCC3)nc21. The van der Waals surface area contributed by atoms with Crippen LogP contribution >= 0.6 is 11.6 Å². The average Bonchev–Trinajstić information content (AvgIpc) is 2.95. The van der Waals surface area contributed by atoms with E-state index in [1.54, 1.807) is 12.4 Å². The number of nitrogens with one attached hydrogen (secondary N) is 1. The highest BCUT2D eigenvalue weighted by atomic mass is 35.5. The third-order valence-electron chi connectivity index (χ3n) is 7.60. The molecule has 204 valence electrons. The molecule has 1 aliphatic rings. The first-order valence-corrected chi connectivity index (χ1v) is 14.3. The van der Waals surface area contributed by atoms with Gasteiger partial charge in [0.05, 0.1) is 17.6 Å². The lowest BCUT2D eigenvalue weighted by atomic mass is 9.96. The largest absolute Gasteiger partial charge is 0.351 e. The molecule has 3 aromatic heterocycles. The van der Waals surface area contributed by atoms with Gasteiger partial charge in [0.2, 0.25) is 5.95 Å². The van der Waals surface area contributed by atoms with Crippen LogP contribution in [0.3, 0.4) is 0 Å². The zero-order valence-corrected chi connectivity index (χ0v) is 23.4. The number of anilines is 1. The lowest BCUT2D eigenvalue weighted by Crippen LogP contribution is -2.28. The summed E-state index contributed by atoms with van der Waals surface area (Å²) in [5.74, 6) is 0.575. The molecule has 39 heavy (non-hydrogen) atoms. The van der Waals surface area contributed by atoms with Crippen LogP contribution in [-0.4, -0.2) is 37.1 Å². The molecular weight excluding hydrogens is 510 g/mol. The van der Waals surface area contributed by atoms with Crippen LogP contribution in [0, 0.1) is 6.92 Å². The van der Waals surface area contributed by atoms with Gasteiger partial charge in [-0.15, -0.1) is 0 Å². The van der Waals surface area contributed by atoms with Crippen molar-refractivity contribution in [2.24, 2.45) is 5.73 Å². The molecule has 8 nitrogen and oxygen atoms in total. The molecule has 5 rings (SSSR count). The van der Waals surface area contributed by atoms with Crippen LogP contribution in [0.5, 0.6) is 0 Å². The minimum absolute atomic E-state index is 0.0402. The van der Waals surface area contributed by atoms with Crippen molar-refractivity contribution >= 4 is 28.6 Å². The zero-order chi connectivity index (χ0) is 27.4. The maximum atomic E-state index is 14.2. The molecule has 4 aromatic rings. The fourth-order valence-electron chi connectivity index (χ4n) is 5.52. The number of benzene rings is 1. The normalized spacial score (nSPS) is 15.0. The van der Waals surface area contributed by atoms with Crippen molar-refractivity contribution in [3.63, 3.8) is 0 Å². The Morgan fingerprint density at radius 1 is 1.10 bits per heavy atom. The lowest BCUT2D eigenvalue weighted by molar-refractivity contribution is 0.440. The molecule has 3 N–H and O–H groups in total. The first kappa shape index (κ1) is 27.2. The summed E-state index contributed by atoms with van der Waals surface area (Å²) >= 11 is 6.81. The van der Waals surface area contributed by atoms with Crippen LogP contribution in [0.25, 0.3) is 33.4 Å². The minimum Gasteiger partial charge on any atom is -0.351 e. The molecular formula is C30H36ClN7O. The van der Waals surface area contributed by atoms with Crippen molar-refractivity contribution in [3.05, 3.63) is 63.9 Å². The number of halogens is 1. The predicted molar refractivity (Wildman–Crippen MR) is 158 cm³/mol. The van der Waals surface area contributed by atoms with Crippen molar-refractivity contribution in [2.45, 2.75) is 77.3 Å². The van der Waals surface area contributed by atoms with E-state index in [0.717, 1.165) is 54.4 Å². The summed E-state index contributed by atoms with van der Waals surface area (Å²) in [5.41, 5.74) is 9.98.